The maximum atomic E-state index is 13.5. The van der Waals surface area contributed by atoms with E-state index >= 15 is 0 Å². The number of nitrogens with two attached hydrogens (primary N) is 1. The zero-order chi connectivity index (χ0) is 19.2. The fourth-order valence-corrected chi connectivity index (χ4v) is 3.32. The van der Waals surface area contributed by atoms with Crippen LogP contribution in [0.15, 0.2) is 27.3 Å². The number of hydroxylamine groups is 2. The Balaban J connectivity index is 1.98. The zero-order valence-corrected chi connectivity index (χ0v) is 15.3. The molecular weight excluding hydrogens is 441 g/mol. The summed E-state index contributed by atoms with van der Waals surface area (Å²) in [5.41, 5.74) is 5.78. The minimum atomic E-state index is -3.88. The van der Waals surface area contributed by atoms with Gasteiger partial charge in [0.1, 0.15) is 5.82 Å². The Morgan fingerprint density at radius 3 is 2.62 bits per heavy atom. The second-order valence-corrected chi connectivity index (χ2v) is 7.21. The van der Waals surface area contributed by atoms with Crippen molar-refractivity contribution in [2.24, 2.45) is 5.73 Å². The quantitative estimate of drug-likeness (QED) is 0.258. The molecule has 2 unspecified atom stereocenters. The van der Waals surface area contributed by atoms with Crippen molar-refractivity contribution >= 4 is 49.5 Å². The largest absolute Gasteiger partial charge is 0.381 e. The molecular formula is C11H11BrFN7O5S. The Morgan fingerprint density at radius 2 is 2.08 bits per heavy atom. The Morgan fingerprint density at radius 1 is 1.46 bits per heavy atom. The maximum absolute atomic E-state index is 13.5. The van der Waals surface area contributed by atoms with Crippen LogP contribution in [-0.2, 0) is 14.6 Å². The van der Waals surface area contributed by atoms with Crippen LogP contribution in [0.25, 0.3) is 0 Å². The van der Waals surface area contributed by atoms with E-state index < -0.39 is 28.2 Å². The third-order valence-electron chi connectivity index (χ3n) is 3.31. The topological polar surface area (TPSA) is 165 Å². The van der Waals surface area contributed by atoms with Gasteiger partial charge in [0, 0.05) is 0 Å². The molecule has 1 aromatic carbocycles. The number of nitrogens with one attached hydrogen (secondary N) is 1. The van der Waals surface area contributed by atoms with Crippen LogP contribution in [0, 0.1) is 11.2 Å². The van der Waals surface area contributed by atoms with E-state index in [4.69, 9.17) is 11.1 Å². The van der Waals surface area contributed by atoms with Gasteiger partial charge in [0.15, 0.2) is 12.1 Å². The molecule has 1 saturated heterocycles. The molecule has 1 aliphatic rings. The van der Waals surface area contributed by atoms with Gasteiger partial charge in [-0.15, -0.1) is 4.28 Å². The summed E-state index contributed by atoms with van der Waals surface area (Å²) in [7, 11) is -3.88. The molecule has 2 atom stereocenters. The first-order valence-corrected chi connectivity index (χ1v) is 8.93. The van der Waals surface area contributed by atoms with Crippen molar-refractivity contribution in [1.29, 1.82) is 5.41 Å². The number of guanidine groups is 1. The smallest absolute Gasteiger partial charge is 0.369 e. The molecule has 1 aliphatic heterocycles. The van der Waals surface area contributed by atoms with Gasteiger partial charge >= 0.3 is 10.3 Å². The van der Waals surface area contributed by atoms with Crippen LogP contribution in [0.3, 0.4) is 0 Å². The third-order valence-corrected chi connectivity index (χ3v) is 4.96. The van der Waals surface area contributed by atoms with Crippen LogP contribution in [0.2, 0.25) is 0 Å². The average Bonchev–Trinajstić information content (AvgIpc) is 2.97. The Kier molecular flexibility index (Phi) is 4.57. The molecule has 0 spiro atoms. The SMILES string of the molecule is CC(N(O)c1nonc1N(C(=N)N)c1ccc(F)c(Br)c1)N1OS1(=O)=O. The predicted molar refractivity (Wildman–Crippen MR) is 88.0 cm³/mol. The van der Waals surface area contributed by atoms with Crippen molar-refractivity contribution in [2.45, 2.75) is 13.1 Å². The number of nitrogens with zero attached hydrogens (tertiary/aromatic N) is 5. The van der Waals surface area contributed by atoms with Crippen LogP contribution in [0.1, 0.15) is 6.92 Å². The number of hydrogen-bond donors (Lipinski definition) is 3. The number of halogens is 2. The van der Waals surface area contributed by atoms with Gasteiger partial charge in [0.05, 0.1) is 10.2 Å². The molecule has 12 nitrogen and oxygen atoms in total. The lowest BCUT2D eigenvalue weighted by molar-refractivity contribution is 0.0827. The van der Waals surface area contributed by atoms with E-state index in [2.05, 4.69) is 35.2 Å². The van der Waals surface area contributed by atoms with Crippen LogP contribution in [0.5, 0.6) is 0 Å². The summed E-state index contributed by atoms with van der Waals surface area (Å²) in [6.07, 6.45) is -1.21. The van der Waals surface area contributed by atoms with Gasteiger partial charge in [0.25, 0.3) is 0 Å². The number of aromatic nitrogens is 2. The standard InChI is InChI=1S/C11H11BrFN7O5S/c1-5(20-25-26(20,22)23)19(21)10-9(16-24-17-10)18(11(14)15)6-2-3-8(13)7(12)4-6/h2-5,21H,1H3,(H3,14,15). The summed E-state index contributed by atoms with van der Waals surface area (Å²) in [6.45, 7) is 1.30. The first-order chi connectivity index (χ1) is 12.1. The maximum Gasteiger partial charge on any atom is 0.381 e. The van der Waals surface area contributed by atoms with Crippen molar-refractivity contribution in [3.8, 4) is 0 Å². The molecule has 1 fully saturated rings. The number of anilines is 3. The summed E-state index contributed by atoms with van der Waals surface area (Å²) >= 11 is 3.02. The summed E-state index contributed by atoms with van der Waals surface area (Å²) in [4.78, 5) is 1.00. The second-order valence-electron chi connectivity index (χ2n) is 4.99. The van der Waals surface area contributed by atoms with Crippen molar-refractivity contribution < 1.29 is 26.9 Å². The molecule has 2 heterocycles. The lowest BCUT2D eigenvalue weighted by Crippen LogP contribution is -2.39. The lowest BCUT2D eigenvalue weighted by Gasteiger charge is -2.24. The van der Waals surface area contributed by atoms with Gasteiger partial charge in [-0.2, -0.15) is 8.42 Å². The van der Waals surface area contributed by atoms with E-state index in [-0.39, 0.29) is 21.8 Å². The molecule has 0 saturated carbocycles. The summed E-state index contributed by atoms with van der Waals surface area (Å²) < 4.78 is 45.4. The molecule has 3 rings (SSSR count). The summed E-state index contributed by atoms with van der Waals surface area (Å²) in [5.74, 6) is -1.67. The molecule has 15 heteroatoms. The molecule has 2 aromatic rings. The van der Waals surface area contributed by atoms with E-state index in [0.717, 1.165) is 11.0 Å². The van der Waals surface area contributed by atoms with E-state index in [9.17, 15) is 18.0 Å². The Labute approximate surface area is 154 Å². The van der Waals surface area contributed by atoms with Crippen molar-refractivity contribution in [2.75, 3.05) is 9.96 Å². The minimum absolute atomic E-state index is 0.0945. The predicted octanol–water partition coefficient (Wildman–Crippen LogP) is 1.04. The Hall–Kier alpha value is -2.33. The van der Waals surface area contributed by atoms with Gasteiger partial charge in [0.2, 0.25) is 11.6 Å². The molecule has 0 amide bonds. The van der Waals surface area contributed by atoms with Gasteiger partial charge in [-0.1, -0.05) is 0 Å². The normalized spacial score (nSPS) is 19.0. The van der Waals surface area contributed by atoms with Gasteiger partial charge in [-0.05, 0) is 55.8 Å². The van der Waals surface area contributed by atoms with E-state index in [1.807, 2.05) is 0 Å². The zero-order valence-electron chi connectivity index (χ0n) is 12.9. The highest BCUT2D eigenvalue weighted by Gasteiger charge is 2.51. The third kappa shape index (κ3) is 3.21. The fourth-order valence-electron chi connectivity index (χ4n) is 2.06. The first kappa shape index (κ1) is 18.5. The molecule has 0 bridgehead atoms. The Bertz CT molecular complexity index is 970. The molecule has 1 aromatic heterocycles. The highest BCUT2D eigenvalue weighted by atomic mass is 79.9. The van der Waals surface area contributed by atoms with Crippen LogP contribution < -0.4 is 15.7 Å². The summed E-state index contributed by atoms with van der Waals surface area (Å²) in [6, 6.07) is 3.75. The van der Waals surface area contributed by atoms with Gasteiger partial charge < -0.3 is 5.73 Å². The minimum Gasteiger partial charge on any atom is -0.369 e. The molecule has 140 valence electrons. The van der Waals surface area contributed by atoms with Crippen LogP contribution in [0.4, 0.5) is 21.7 Å². The van der Waals surface area contributed by atoms with Gasteiger partial charge in [-0.25, -0.2) is 14.1 Å². The first-order valence-electron chi connectivity index (χ1n) is 6.77. The summed E-state index contributed by atoms with van der Waals surface area (Å²) in [5, 5.41) is 25.5. The average molecular weight is 452 g/mol. The number of hydrogen-bond acceptors (Lipinski definition) is 9. The fraction of sp³-hybridized carbons (Fsp3) is 0.182. The highest BCUT2D eigenvalue weighted by Crippen LogP contribution is 2.35. The number of rotatable bonds is 5. The van der Waals surface area contributed by atoms with E-state index in [1.165, 1.54) is 19.1 Å². The van der Waals surface area contributed by atoms with Crippen molar-refractivity contribution in [1.82, 2.24) is 14.8 Å². The number of benzene rings is 1. The molecule has 0 radical (unpaired) electrons. The highest BCUT2D eigenvalue weighted by molar-refractivity contribution is 9.10. The van der Waals surface area contributed by atoms with Crippen LogP contribution >= 0.6 is 15.9 Å². The van der Waals surface area contributed by atoms with Crippen molar-refractivity contribution in [3.63, 3.8) is 0 Å². The van der Waals surface area contributed by atoms with E-state index in [1.54, 1.807) is 0 Å². The van der Waals surface area contributed by atoms with Crippen LogP contribution in [-0.4, -0.2) is 40.5 Å². The molecule has 0 aliphatic carbocycles. The second kappa shape index (κ2) is 6.44. The molecule has 4 N–H and O–H groups in total. The monoisotopic (exact) mass is 451 g/mol. The van der Waals surface area contributed by atoms with Crippen molar-refractivity contribution in [3.05, 3.63) is 28.5 Å². The molecule has 26 heavy (non-hydrogen) atoms. The lowest BCUT2D eigenvalue weighted by atomic mass is 10.3. The van der Waals surface area contributed by atoms with E-state index in [0.29, 0.717) is 9.53 Å². The van der Waals surface area contributed by atoms with Gasteiger partial charge in [-0.3, -0.25) is 15.5 Å².